The standard InChI is InChI=1S/C24H20FN5/c1-16-7-5-8-17(2)22(16)28-24-23(27-21-12-11-18(25)15-29(21)24)19-9-3-4-10-20(19)30-14-6-13-26-30/h3-15,28H,1-2H3. The van der Waals surface area contributed by atoms with Crippen LogP contribution in [0.4, 0.5) is 15.9 Å². The van der Waals surface area contributed by atoms with Crippen molar-refractivity contribution in [2.45, 2.75) is 13.8 Å². The molecule has 0 aliphatic heterocycles. The molecule has 1 N–H and O–H groups in total. The Balaban J connectivity index is 1.77. The highest BCUT2D eigenvalue weighted by atomic mass is 19.1. The van der Waals surface area contributed by atoms with E-state index in [0.717, 1.165) is 33.8 Å². The number of pyridine rings is 1. The number of anilines is 2. The van der Waals surface area contributed by atoms with Crippen molar-refractivity contribution in [1.82, 2.24) is 19.2 Å². The lowest BCUT2D eigenvalue weighted by molar-refractivity contribution is 0.619. The fraction of sp³-hybridized carbons (Fsp3) is 0.0833. The Hall–Kier alpha value is -3.93. The Labute approximate surface area is 173 Å². The Morgan fingerprint density at radius 3 is 2.47 bits per heavy atom. The molecule has 3 heterocycles. The van der Waals surface area contributed by atoms with Crippen molar-refractivity contribution >= 4 is 17.2 Å². The number of aromatic nitrogens is 4. The molecule has 0 amide bonds. The van der Waals surface area contributed by atoms with Gasteiger partial charge in [0, 0.05) is 29.8 Å². The lowest BCUT2D eigenvalue weighted by atomic mass is 10.1. The first-order valence-electron chi connectivity index (χ1n) is 9.72. The van der Waals surface area contributed by atoms with Crippen molar-refractivity contribution in [1.29, 1.82) is 0 Å². The second-order valence-corrected chi connectivity index (χ2v) is 7.24. The van der Waals surface area contributed by atoms with Crippen molar-refractivity contribution in [3.8, 4) is 16.9 Å². The molecule has 5 aromatic rings. The highest BCUT2D eigenvalue weighted by molar-refractivity contribution is 5.84. The summed E-state index contributed by atoms with van der Waals surface area (Å²) in [6, 6.07) is 19.1. The molecular formula is C24H20FN5. The van der Waals surface area contributed by atoms with Crippen LogP contribution in [0, 0.1) is 19.7 Å². The second-order valence-electron chi connectivity index (χ2n) is 7.24. The number of para-hydroxylation sites is 2. The SMILES string of the molecule is Cc1cccc(C)c1Nc1c(-c2ccccc2-n2cccn2)nc2ccc(F)cn12. The Morgan fingerprint density at radius 1 is 0.900 bits per heavy atom. The molecule has 148 valence electrons. The van der Waals surface area contributed by atoms with Crippen LogP contribution in [0.1, 0.15) is 11.1 Å². The lowest BCUT2D eigenvalue weighted by Gasteiger charge is -2.15. The van der Waals surface area contributed by atoms with E-state index in [9.17, 15) is 4.39 Å². The largest absolute Gasteiger partial charge is 0.339 e. The smallest absolute Gasteiger partial charge is 0.143 e. The minimum atomic E-state index is -0.323. The number of benzene rings is 2. The zero-order valence-corrected chi connectivity index (χ0v) is 16.7. The van der Waals surface area contributed by atoms with Crippen LogP contribution in [0.25, 0.3) is 22.6 Å². The van der Waals surface area contributed by atoms with Crippen LogP contribution in [0.5, 0.6) is 0 Å². The summed E-state index contributed by atoms with van der Waals surface area (Å²) in [4.78, 5) is 4.84. The molecule has 0 saturated heterocycles. The molecule has 5 nitrogen and oxygen atoms in total. The van der Waals surface area contributed by atoms with Gasteiger partial charge < -0.3 is 5.32 Å². The molecule has 30 heavy (non-hydrogen) atoms. The van der Waals surface area contributed by atoms with E-state index in [4.69, 9.17) is 4.98 Å². The summed E-state index contributed by atoms with van der Waals surface area (Å²) in [7, 11) is 0. The summed E-state index contributed by atoms with van der Waals surface area (Å²) >= 11 is 0. The predicted octanol–water partition coefficient (Wildman–Crippen LogP) is 5.69. The Kier molecular flexibility index (Phi) is 4.32. The average molecular weight is 397 g/mol. The molecule has 0 spiro atoms. The van der Waals surface area contributed by atoms with Gasteiger partial charge in [0.1, 0.15) is 23.0 Å². The van der Waals surface area contributed by atoms with Gasteiger partial charge in [-0.15, -0.1) is 0 Å². The maximum atomic E-state index is 14.1. The maximum absolute atomic E-state index is 14.1. The van der Waals surface area contributed by atoms with Crippen molar-refractivity contribution in [2.24, 2.45) is 0 Å². The number of halogens is 1. The van der Waals surface area contributed by atoms with Crippen molar-refractivity contribution in [3.63, 3.8) is 0 Å². The first-order chi connectivity index (χ1) is 14.6. The quantitative estimate of drug-likeness (QED) is 0.424. The predicted molar refractivity (Wildman–Crippen MR) is 117 cm³/mol. The third-order valence-corrected chi connectivity index (χ3v) is 5.22. The van der Waals surface area contributed by atoms with Crippen molar-refractivity contribution in [2.75, 3.05) is 5.32 Å². The molecule has 0 aliphatic rings. The first-order valence-corrected chi connectivity index (χ1v) is 9.72. The van der Waals surface area contributed by atoms with E-state index < -0.39 is 0 Å². The number of aryl methyl sites for hydroxylation is 2. The molecule has 0 aliphatic carbocycles. The summed E-state index contributed by atoms with van der Waals surface area (Å²) in [5, 5.41) is 7.92. The third kappa shape index (κ3) is 3.03. The van der Waals surface area contributed by atoms with Crippen LogP contribution < -0.4 is 5.32 Å². The van der Waals surface area contributed by atoms with Gasteiger partial charge in [-0.05, 0) is 49.2 Å². The lowest BCUT2D eigenvalue weighted by Crippen LogP contribution is -2.02. The average Bonchev–Trinajstić information content (AvgIpc) is 3.39. The number of rotatable bonds is 4. The summed E-state index contributed by atoms with van der Waals surface area (Å²) in [5.74, 6) is 0.387. The van der Waals surface area contributed by atoms with Gasteiger partial charge in [-0.2, -0.15) is 5.10 Å². The molecule has 5 rings (SSSR count). The van der Waals surface area contributed by atoms with E-state index in [1.807, 2.05) is 47.3 Å². The van der Waals surface area contributed by atoms with E-state index in [1.54, 1.807) is 16.7 Å². The maximum Gasteiger partial charge on any atom is 0.143 e. The number of hydrogen-bond donors (Lipinski definition) is 1. The van der Waals surface area contributed by atoms with Gasteiger partial charge in [0.25, 0.3) is 0 Å². The monoisotopic (exact) mass is 397 g/mol. The Bertz CT molecular complexity index is 1330. The van der Waals surface area contributed by atoms with Gasteiger partial charge in [0.05, 0.1) is 5.69 Å². The van der Waals surface area contributed by atoms with Gasteiger partial charge in [-0.25, -0.2) is 14.1 Å². The number of hydrogen-bond acceptors (Lipinski definition) is 3. The van der Waals surface area contributed by atoms with Gasteiger partial charge in [0.15, 0.2) is 0 Å². The van der Waals surface area contributed by atoms with E-state index in [1.165, 1.54) is 12.3 Å². The molecular weight excluding hydrogens is 377 g/mol. The van der Waals surface area contributed by atoms with Crippen LogP contribution in [-0.4, -0.2) is 19.2 Å². The molecule has 0 bridgehead atoms. The normalized spacial score (nSPS) is 11.2. The molecule has 0 saturated carbocycles. The number of fused-ring (bicyclic) bond motifs is 1. The van der Waals surface area contributed by atoms with E-state index in [2.05, 4.69) is 36.4 Å². The molecule has 6 heteroatoms. The zero-order valence-electron chi connectivity index (χ0n) is 16.7. The number of nitrogens with zero attached hydrogens (tertiary/aromatic N) is 4. The van der Waals surface area contributed by atoms with Crippen LogP contribution in [0.2, 0.25) is 0 Å². The summed E-state index contributed by atoms with van der Waals surface area (Å²) in [5.41, 5.74) is 6.39. The third-order valence-electron chi connectivity index (χ3n) is 5.22. The summed E-state index contributed by atoms with van der Waals surface area (Å²) < 4.78 is 17.7. The topological polar surface area (TPSA) is 47.2 Å². The van der Waals surface area contributed by atoms with Crippen molar-refractivity contribution < 1.29 is 4.39 Å². The summed E-state index contributed by atoms with van der Waals surface area (Å²) in [6.07, 6.45) is 5.09. The zero-order chi connectivity index (χ0) is 20.7. The first kappa shape index (κ1) is 18.1. The van der Waals surface area contributed by atoms with E-state index >= 15 is 0 Å². The molecule has 2 aromatic carbocycles. The van der Waals surface area contributed by atoms with Crippen molar-refractivity contribution in [3.05, 3.63) is 96.2 Å². The molecule has 0 fully saturated rings. The molecule has 3 aromatic heterocycles. The van der Waals surface area contributed by atoms with Gasteiger partial charge in [-0.1, -0.05) is 36.4 Å². The van der Waals surface area contributed by atoms with E-state index in [-0.39, 0.29) is 5.82 Å². The van der Waals surface area contributed by atoms with Gasteiger partial charge in [0.2, 0.25) is 0 Å². The molecule has 0 unspecified atom stereocenters. The van der Waals surface area contributed by atoms with Gasteiger partial charge in [-0.3, -0.25) is 4.40 Å². The van der Waals surface area contributed by atoms with Crippen LogP contribution >= 0.6 is 0 Å². The molecule has 0 radical (unpaired) electrons. The fourth-order valence-corrected chi connectivity index (χ4v) is 3.74. The van der Waals surface area contributed by atoms with Crippen LogP contribution in [0.15, 0.2) is 79.3 Å². The Morgan fingerprint density at radius 2 is 1.70 bits per heavy atom. The second kappa shape index (κ2) is 7.15. The fourth-order valence-electron chi connectivity index (χ4n) is 3.74. The highest BCUT2D eigenvalue weighted by Gasteiger charge is 2.19. The number of nitrogens with one attached hydrogen (secondary N) is 1. The summed E-state index contributed by atoms with van der Waals surface area (Å²) in [6.45, 7) is 4.10. The van der Waals surface area contributed by atoms with Crippen LogP contribution in [-0.2, 0) is 0 Å². The van der Waals surface area contributed by atoms with E-state index in [0.29, 0.717) is 11.5 Å². The number of imidazole rings is 1. The van der Waals surface area contributed by atoms with Crippen LogP contribution in [0.3, 0.4) is 0 Å². The minimum absolute atomic E-state index is 0.323. The minimum Gasteiger partial charge on any atom is -0.339 e. The molecule has 0 atom stereocenters. The van der Waals surface area contributed by atoms with Gasteiger partial charge >= 0.3 is 0 Å². The highest BCUT2D eigenvalue weighted by Crippen LogP contribution is 2.36.